The fraction of sp³-hybridized carbons (Fsp3) is 0.333. The first kappa shape index (κ1) is 14.7. The van der Waals surface area contributed by atoms with Crippen molar-refractivity contribution in [2.45, 2.75) is 24.9 Å². The number of pyridine rings is 1. The number of amides is 1. The second kappa shape index (κ2) is 5.95. The summed E-state index contributed by atoms with van der Waals surface area (Å²) >= 11 is 6.03. The SMILES string of the molecule is O=C(c1ccc(-c2cccc(Cl)c2)cn1)N1CCC2CC1CN2. The van der Waals surface area contributed by atoms with Gasteiger partial charge in [0, 0.05) is 42.0 Å². The van der Waals surface area contributed by atoms with Gasteiger partial charge in [-0.2, -0.15) is 0 Å². The average molecular weight is 328 g/mol. The third-order valence-electron chi connectivity index (χ3n) is 4.76. The zero-order valence-corrected chi connectivity index (χ0v) is 13.5. The molecule has 0 spiro atoms. The fourth-order valence-electron chi connectivity index (χ4n) is 3.51. The van der Waals surface area contributed by atoms with Crippen LogP contribution in [0.25, 0.3) is 11.1 Å². The zero-order chi connectivity index (χ0) is 15.8. The van der Waals surface area contributed by atoms with Crippen molar-refractivity contribution < 1.29 is 4.79 Å². The van der Waals surface area contributed by atoms with Crippen LogP contribution in [0.4, 0.5) is 0 Å². The van der Waals surface area contributed by atoms with Gasteiger partial charge in [-0.1, -0.05) is 29.8 Å². The Balaban J connectivity index is 1.55. The van der Waals surface area contributed by atoms with Gasteiger partial charge in [0.2, 0.25) is 0 Å². The molecule has 2 bridgehead atoms. The Morgan fingerprint density at radius 2 is 2.17 bits per heavy atom. The van der Waals surface area contributed by atoms with Gasteiger partial charge in [-0.25, -0.2) is 0 Å². The second-order valence-electron chi connectivity index (χ2n) is 6.22. The highest BCUT2D eigenvalue weighted by atomic mass is 35.5. The van der Waals surface area contributed by atoms with Crippen LogP contribution in [0.5, 0.6) is 0 Å². The molecule has 2 fully saturated rings. The first-order valence-corrected chi connectivity index (χ1v) is 8.35. The number of fused-ring (bicyclic) bond motifs is 2. The van der Waals surface area contributed by atoms with Crippen LogP contribution in [0.15, 0.2) is 42.6 Å². The summed E-state index contributed by atoms with van der Waals surface area (Å²) in [5.41, 5.74) is 2.48. The van der Waals surface area contributed by atoms with Gasteiger partial charge in [0.05, 0.1) is 0 Å². The molecule has 118 valence electrons. The minimum Gasteiger partial charge on any atom is -0.333 e. The van der Waals surface area contributed by atoms with Crippen LogP contribution in [-0.2, 0) is 0 Å². The van der Waals surface area contributed by atoms with E-state index in [4.69, 9.17) is 11.6 Å². The molecule has 0 aliphatic carbocycles. The van der Waals surface area contributed by atoms with Crippen LogP contribution in [0.2, 0.25) is 5.02 Å². The zero-order valence-electron chi connectivity index (χ0n) is 12.7. The molecule has 2 atom stereocenters. The molecule has 4 nitrogen and oxygen atoms in total. The molecule has 2 aliphatic rings. The van der Waals surface area contributed by atoms with E-state index >= 15 is 0 Å². The van der Waals surface area contributed by atoms with Gasteiger partial charge < -0.3 is 10.2 Å². The number of rotatable bonds is 2. The van der Waals surface area contributed by atoms with Crippen molar-refractivity contribution in [3.63, 3.8) is 0 Å². The number of halogens is 1. The number of hydrogen-bond donors (Lipinski definition) is 1. The maximum Gasteiger partial charge on any atom is 0.272 e. The van der Waals surface area contributed by atoms with Crippen molar-refractivity contribution in [2.75, 3.05) is 13.1 Å². The summed E-state index contributed by atoms with van der Waals surface area (Å²) in [7, 11) is 0. The third kappa shape index (κ3) is 2.84. The average Bonchev–Trinajstić information content (AvgIpc) is 2.96. The van der Waals surface area contributed by atoms with Gasteiger partial charge in [0.1, 0.15) is 5.69 Å². The number of piperidine rings is 1. The van der Waals surface area contributed by atoms with Crippen LogP contribution in [0.1, 0.15) is 23.3 Å². The Morgan fingerprint density at radius 1 is 1.26 bits per heavy atom. The molecule has 1 aromatic heterocycles. The van der Waals surface area contributed by atoms with Gasteiger partial charge in [-0.3, -0.25) is 9.78 Å². The quantitative estimate of drug-likeness (QED) is 0.922. The standard InChI is InChI=1S/C18H18ClN3O/c19-14-3-1-2-12(8-14)13-4-5-17(21-10-13)18(23)22-7-6-15-9-16(22)11-20-15/h1-5,8,10,15-16,20H,6-7,9,11H2. The molecule has 0 saturated carbocycles. The lowest BCUT2D eigenvalue weighted by molar-refractivity contribution is 0.0652. The van der Waals surface area contributed by atoms with Gasteiger partial charge >= 0.3 is 0 Å². The smallest absolute Gasteiger partial charge is 0.272 e. The van der Waals surface area contributed by atoms with Crippen LogP contribution in [0.3, 0.4) is 0 Å². The molecule has 2 saturated heterocycles. The molecule has 2 unspecified atom stereocenters. The first-order chi connectivity index (χ1) is 11.2. The Morgan fingerprint density at radius 3 is 2.96 bits per heavy atom. The lowest BCUT2D eigenvalue weighted by Crippen LogP contribution is -2.44. The maximum atomic E-state index is 12.7. The lowest BCUT2D eigenvalue weighted by atomic mass is 10.0. The van der Waals surface area contributed by atoms with E-state index in [0.717, 1.165) is 37.1 Å². The number of aromatic nitrogens is 1. The molecule has 3 heterocycles. The first-order valence-electron chi connectivity index (χ1n) is 7.97. The number of carbonyl (C=O) groups is 1. The molecule has 1 amide bonds. The van der Waals surface area contributed by atoms with Crippen molar-refractivity contribution in [1.82, 2.24) is 15.2 Å². The van der Waals surface area contributed by atoms with Crippen LogP contribution in [0, 0.1) is 0 Å². The monoisotopic (exact) mass is 327 g/mol. The summed E-state index contributed by atoms with van der Waals surface area (Å²) in [5, 5.41) is 4.16. The summed E-state index contributed by atoms with van der Waals surface area (Å²) in [6, 6.07) is 12.3. The van der Waals surface area contributed by atoms with E-state index in [1.54, 1.807) is 6.20 Å². The van der Waals surface area contributed by atoms with Gasteiger partial charge in [-0.05, 0) is 36.6 Å². The number of nitrogens with zero attached hydrogens (tertiary/aromatic N) is 2. The minimum absolute atomic E-state index is 0.0368. The van der Waals surface area contributed by atoms with E-state index in [1.807, 2.05) is 41.3 Å². The van der Waals surface area contributed by atoms with E-state index in [1.165, 1.54) is 0 Å². The van der Waals surface area contributed by atoms with E-state index in [2.05, 4.69) is 10.3 Å². The van der Waals surface area contributed by atoms with Crippen molar-refractivity contribution >= 4 is 17.5 Å². The Hall–Kier alpha value is -1.91. The summed E-state index contributed by atoms with van der Waals surface area (Å²) in [5.74, 6) is 0.0368. The molecule has 4 rings (SSSR count). The molecule has 1 aromatic carbocycles. The van der Waals surface area contributed by atoms with E-state index in [9.17, 15) is 4.79 Å². The topological polar surface area (TPSA) is 45.2 Å². The van der Waals surface area contributed by atoms with E-state index in [0.29, 0.717) is 22.8 Å². The minimum atomic E-state index is 0.0368. The van der Waals surface area contributed by atoms with Crippen molar-refractivity contribution in [3.8, 4) is 11.1 Å². The van der Waals surface area contributed by atoms with Crippen LogP contribution in [-0.4, -0.2) is 41.0 Å². The Bertz CT molecular complexity index is 731. The van der Waals surface area contributed by atoms with Crippen molar-refractivity contribution in [1.29, 1.82) is 0 Å². The molecular weight excluding hydrogens is 310 g/mol. The third-order valence-corrected chi connectivity index (χ3v) is 4.99. The van der Waals surface area contributed by atoms with Gasteiger partial charge in [-0.15, -0.1) is 0 Å². The van der Waals surface area contributed by atoms with E-state index < -0.39 is 0 Å². The van der Waals surface area contributed by atoms with Crippen LogP contribution < -0.4 is 5.32 Å². The maximum absolute atomic E-state index is 12.7. The second-order valence-corrected chi connectivity index (χ2v) is 6.66. The molecular formula is C18H18ClN3O. The molecule has 23 heavy (non-hydrogen) atoms. The largest absolute Gasteiger partial charge is 0.333 e. The highest BCUT2D eigenvalue weighted by Crippen LogP contribution is 2.25. The van der Waals surface area contributed by atoms with Crippen LogP contribution >= 0.6 is 11.6 Å². The van der Waals surface area contributed by atoms with Crippen molar-refractivity contribution in [3.05, 3.63) is 53.3 Å². The Labute approximate surface area is 140 Å². The summed E-state index contributed by atoms with van der Waals surface area (Å²) in [6.45, 7) is 1.72. The predicted octanol–water partition coefficient (Wildman–Crippen LogP) is 2.98. The number of benzene rings is 1. The number of nitrogens with one attached hydrogen (secondary N) is 1. The van der Waals surface area contributed by atoms with Gasteiger partial charge in [0.25, 0.3) is 5.91 Å². The fourth-order valence-corrected chi connectivity index (χ4v) is 3.70. The summed E-state index contributed by atoms with van der Waals surface area (Å²) in [4.78, 5) is 19.1. The van der Waals surface area contributed by atoms with E-state index in [-0.39, 0.29) is 5.91 Å². The molecule has 2 aromatic rings. The molecule has 2 aliphatic heterocycles. The normalized spacial score (nSPS) is 23.1. The Kier molecular flexibility index (Phi) is 3.79. The van der Waals surface area contributed by atoms with Crippen molar-refractivity contribution in [2.24, 2.45) is 0 Å². The molecule has 1 N–H and O–H groups in total. The van der Waals surface area contributed by atoms with Gasteiger partial charge in [0.15, 0.2) is 0 Å². The molecule has 5 heteroatoms. The highest BCUT2D eigenvalue weighted by Gasteiger charge is 2.36. The summed E-state index contributed by atoms with van der Waals surface area (Å²) in [6.07, 6.45) is 3.84. The highest BCUT2D eigenvalue weighted by molar-refractivity contribution is 6.30. The number of hydrogen-bond acceptors (Lipinski definition) is 3. The lowest BCUT2D eigenvalue weighted by Gasteiger charge is -2.32. The number of likely N-dealkylation sites (tertiary alicyclic amines) is 1. The predicted molar refractivity (Wildman–Crippen MR) is 90.5 cm³/mol. The molecule has 0 radical (unpaired) electrons. The number of carbonyl (C=O) groups excluding carboxylic acids is 1. The summed E-state index contributed by atoms with van der Waals surface area (Å²) < 4.78 is 0.